The molecule has 9 heteroatoms. The summed E-state index contributed by atoms with van der Waals surface area (Å²) in [5, 5.41) is 0.588. The maximum Gasteiger partial charge on any atom is 0.332 e. The minimum Gasteiger partial charge on any atom is -0.424 e. The van der Waals surface area contributed by atoms with Crippen LogP contribution < -0.4 is 16.0 Å². The van der Waals surface area contributed by atoms with Crippen LogP contribution in [-0.4, -0.2) is 18.7 Å². The second-order valence-electron chi connectivity index (χ2n) is 6.52. The van der Waals surface area contributed by atoms with Gasteiger partial charge in [-0.1, -0.05) is 35.9 Å². The quantitative estimate of drug-likeness (QED) is 0.451. The Morgan fingerprint density at radius 3 is 2.41 bits per heavy atom. The van der Waals surface area contributed by atoms with Gasteiger partial charge in [0.05, 0.1) is 11.0 Å². The summed E-state index contributed by atoms with van der Waals surface area (Å²) >= 11 is 9.34. The van der Waals surface area contributed by atoms with Crippen molar-refractivity contribution in [2.24, 2.45) is 14.1 Å². The van der Waals surface area contributed by atoms with E-state index in [2.05, 4.69) is 20.9 Å². The molecule has 148 valence electrons. The van der Waals surface area contributed by atoms with E-state index in [0.717, 1.165) is 10.0 Å². The van der Waals surface area contributed by atoms with Gasteiger partial charge in [0.1, 0.15) is 5.75 Å². The largest absolute Gasteiger partial charge is 0.424 e. The standard InChI is InChI=1S/C20H16BrClN4O3/c1-24-16-17(23-19(24)29-15-6-4-3-5-14(15)21)25(2)20(28)26(18(16)27)11-12-7-9-13(22)10-8-12/h3-10H,11H2,1-2H3. The van der Waals surface area contributed by atoms with Crippen molar-refractivity contribution < 1.29 is 4.74 Å². The second kappa shape index (κ2) is 7.53. The smallest absolute Gasteiger partial charge is 0.332 e. The van der Waals surface area contributed by atoms with Gasteiger partial charge in [0.15, 0.2) is 11.2 Å². The van der Waals surface area contributed by atoms with E-state index in [1.165, 1.54) is 9.13 Å². The first-order valence-electron chi connectivity index (χ1n) is 8.70. The van der Waals surface area contributed by atoms with Gasteiger partial charge < -0.3 is 4.74 Å². The van der Waals surface area contributed by atoms with Crippen LogP contribution in [0.1, 0.15) is 5.56 Å². The van der Waals surface area contributed by atoms with Crippen molar-refractivity contribution >= 4 is 38.7 Å². The highest BCUT2D eigenvalue weighted by molar-refractivity contribution is 9.10. The van der Waals surface area contributed by atoms with Gasteiger partial charge in [-0.05, 0) is 45.8 Å². The summed E-state index contributed by atoms with van der Waals surface area (Å²) in [6.45, 7) is 0.129. The number of rotatable bonds is 4. The Labute approximate surface area is 178 Å². The molecule has 7 nitrogen and oxygen atoms in total. The molecule has 0 aliphatic carbocycles. The van der Waals surface area contributed by atoms with Crippen LogP contribution in [0.4, 0.5) is 0 Å². The Morgan fingerprint density at radius 2 is 1.72 bits per heavy atom. The molecule has 4 aromatic rings. The van der Waals surface area contributed by atoms with Crippen molar-refractivity contribution in [2.45, 2.75) is 6.54 Å². The first-order valence-corrected chi connectivity index (χ1v) is 9.87. The van der Waals surface area contributed by atoms with E-state index in [1.807, 2.05) is 18.2 Å². The number of imidazole rings is 1. The van der Waals surface area contributed by atoms with Crippen molar-refractivity contribution in [3.8, 4) is 11.8 Å². The van der Waals surface area contributed by atoms with Crippen LogP contribution in [0.25, 0.3) is 11.2 Å². The molecule has 0 amide bonds. The highest BCUT2D eigenvalue weighted by Gasteiger charge is 2.20. The Bertz CT molecular complexity index is 1340. The summed E-state index contributed by atoms with van der Waals surface area (Å²) in [4.78, 5) is 30.3. The van der Waals surface area contributed by atoms with E-state index in [9.17, 15) is 9.59 Å². The van der Waals surface area contributed by atoms with E-state index in [0.29, 0.717) is 10.8 Å². The molecule has 2 aromatic carbocycles. The third-order valence-electron chi connectivity index (χ3n) is 4.61. The van der Waals surface area contributed by atoms with E-state index in [1.54, 1.807) is 49.0 Å². The molecule has 0 N–H and O–H groups in total. The third kappa shape index (κ3) is 3.49. The highest BCUT2D eigenvalue weighted by atomic mass is 79.9. The van der Waals surface area contributed by atoms with Crippen LogP contribution in [0.3, 0.4) is 0 Å². The van der Waals surface area contributed by atoms with Crippen molar-refractivity contribution in [1.82, 2.24) is 18.7 Å². The van der Waals surface area contributed by atoms with Crippen molar-refractivity contribution in [3.05, 3.63) is 84.4 Å². The van der Waals surface area contributed by atoms with E-state index >= 15 is 0 Å². The molecule has 0 fully saturated rings. The normalized spacial score (nSPS) is 11.2. The number of nitrogens with zero attached hydrogens (tertiary/aromatic N) is 4. The predicted molar refractivity (Wildman–Crippen MR) is 115 cm³/mol. The molecule has 2 heterocycles. The Morgan fingerprint density at radius 1 is 1.03 bits per heavy atom. The molecule has 29 heavy (non-hydrogen) atoms. The monoisotopic (exact) mass is 474 g/mol. The fourth-order valence-electron chi connectivity index (χ4n) is 3.05. The molecule has 0 unspecified atom stereocenters. The first kappa shape index (κ1) is 19.5. The summed E-state index contributed by atoms with van der Waals surface area (Å²) < 4.78 is 10.7. The van der Waals surface area contributed by atoms with E-state index in [-0.39, 0.29) is 23.7 Å². The van der Waals surface area contributed by atoms with Crippen LogP contribution in [0.15, 0.2) is 62.6 Å². The Hall–Kier alpha value is -2.84. The molecule has 2 aromatic heterocycles. The number of ether oxygens (including phenoxy) is 1. The van der Waals surface area contributed by atoms with E-state index < -0.39 is 11.2 Å². The maximum absolute atomic E-state index is 13.1. The average Bonchev–Trinajstić information content (AvgIpc) is 3.03. The average molecular weight is 476 g/mol. The van der Waals surface area contributed by atoms with Crippen LogP contribution in [0.5, 0.6) is 11.8 Å². The molecule has 0 radical (unpaired) electrons. The van der Waals surface area contributed by atoms with Gasteiger partial charge >= 0.3 is 11.7 Å². The lowest BCUT2D eigenvalue weighted by Crippen LogP contribution is -2.39. The lowest BCUT2D eigenvalue weighted by Gasteiger charge is -2.09. The molecule has 4 rings (SSSR count). The number of halogens is 2. The summed E-state index contributed by atoms with van der Waals surface area (Å²) in [5.74, 6) is 0.553. The molecular weight excluding hydrogens is 460 g/mol. The van der Waals surface area contributed by atoms with Crippen LogP contribution >= 0.6 is 27.5 Å². The van der Waals surface area contributed by atoms with Gasteiger partial charge in [-0.3, -0.25) is 18.5 Å². The minimum atomic E-state index is -0.456. The minimum absolute atomic E-state index is 0.129. The number of hydrogen-bond acceptors (Lipinski definition) is 4. The summed E-state index contributed by atoms with van der Waals surface area (Å²) in [6.07, 6.45) is 0. The van der Waals surface area contributed by atoms with Crippen molar-refractivity contribution in [1.29, 1.82) is 0 Å². The number of para-hydroxylation sites is 1. The second-order valence-corrected chi connectivity index (χ2v) is 7.81. The number of aryl methyl sites for hydroxylation is 2. The van der Waals surface area contributed by atoms with Crippen LogP contribution in [0, 0.1) is 0 Å². The number of aromatic nitrogens is 4. The fraction of sp³-hybridized carbons (Fsp3) is 0.150. The maximum atomic E-state index is 13.1. The fourth-order valence-corrected chi connectivity index (χ4v) is 3.54. The van der Waals surface area contributed by atoms with Gasteiger partial charge in [0.25, 0.3) is 5.56 Å². The van der Waals surface area contributed by atoms with Crippen LogP contribution in [0.2, 0.25) is 5.02 Å². The van der Waals surface area contributed by atoms with Crippen molar-refractivity contribution in [2.75, 3.05) is 0 Å². The van der Waals surface area contributed by atoms with Gasteiger partial charge in [0.2, 0.25) is 0 Å². The van der Waals surface area contributed by atoms with Gasteiger partial charge in [-0.2, -0.15) is 4.98 Å². The molecule has 0 saturated heterocycles. The zero-order valence-electron chi connectivity index (χ0n) is 15.6. The third-order valence-corrected chi connectivity index (χ3v) is 5.52. The number of benzene rings is 2. The zero-order valence-corrected chi connectivity index (χ0v) is 17.9. The molecule has 0 atom stereocenters. The molecule has 0 bridgehead atoms. The van der Waals surface area contributed by atoms with Gasteiger partial charge in [-0.25, -0.2) is 4.79 Å². The lowest BCUT2D eigenvalue weighted by atomic mass is 10.2. The summed E-state index contributed by atoms with van der Waals surface area (Å²) in [6, 6.07) is 14.5. The molecule has 0 aliphatic rings. The topological polar surface area (TPSA) is 71.1 Å². The first-order chi connectivity index (χ1) is 13.9. The highest BCUT2D eigenvalue weighted by Crippen LogP contribution is 2.29. The summed E-state index contributed by atoms with van der Waals surface area (Å²) in [5.41, 5.74) is 0.442. The number of fused-ring (bicyclic) bond motifs is 1. The zero-order chi connectivity index (χ0) is 20.7. The molecular formula is C20H16BrClN4O3. The Balaban J connectivity index is 1.85. The van der Waals surface area contributed by atoms with E-state index in [4.69, 9.17) is 16.3 Å². The molecule has 0 aliphatic heterocycles. The molecule has 0 spiro atoms. The van der Waals surface area contributed by atoms with Gasteiger partial charge in [-0.15, -0.1) is 0 Å². The molecule has 0 saturated carbocycles. The summed E-state index contributed by atoms with van der Waals surface area (Å²) in [7, 11) is 3.26. The Kier molecular flexibility index (Phi) is 5.06. The SMILES string of the molecule is Cn1c(Oc2ccccc2Br)nc2c1c(=O)n(Cc1ccc(Cl)cc1)c(=O)n2C. The van der Waals surface area contributed by atoms with Crippen LogP contribution in [-0.2, 0) is 20.6 Å². The number of hydrogen-bond donors (Lipinski definition) is 0. The van der Waals surface area contributed by atoms with Gasteiger partial charge in [0, 0.05) is 19.1 Å². The predicted octanol–water partition coefficient (Wildman–Crippen LogP) is 3.69. The van der Waals surface area contributed by atoms with Crippen molar-refractivity contribution in [3.63, 3.8) is 0 Å². The lowest BCUT2D eigenvalue weighted by molar-refractivity contribution is 0.425.